The first-order valence-electron chi connectivity index (χ1n) is 9.30. The number of hydrogen-bond donors (Lipinski definition) is 3. The number of anilines is 1. The second kappa shape index (κ2) is 5.65. The number of rotatable bonds is 2. The fraction of sp³-hybridized carbons (Fsp3) is 0.250. The van der Waals surface area contributed by atoms with Crippen molar-refractivity contribution in [2.45, 2.75) is 26.1 Å². The van der Waals surface area contributed by atoms with Crippen molar-refractivity contribution in [1.82, 2.24) is 30.5 Å². The molecule has 5 heterocycles. The predicted octanol–water partition coefficient (Wildman–Crippen LogP) is 2.51. The molecule has 134 valence electrons. The highest BCUT2D eigenvalue weighted by Gasteiger charge is 2.26. The molecule has 6 rings (SSSR count). The molecule has 0 aliphatic carbocycles. The van der Waals surface area contributed by atoms with Crippen molar-refractivity contribution in [2.24, 2.45) is 0 Å². The molecule has 4 aromatic rings. The third kappa shape index (κ3) is 2.28. The molecule has 0 radical (unpaired) electrons. The Labute approximate surface area is 155 Å². The lowest BCUT2D eigenvalue weighted by Gasteiger charge is -2.29. The van der Waals surface area contributed by atoms with E-state index in [1.165, 1.54) is 16.8 Å². The van der Waals surface area contributed by atoms with Crippen LogP contribution in [-0.4, -0.2) is 31.7 Å². The first-order valence-corrected chi connectivity index (χ1v) is 9.30. The van der Waals surface area contributed by atoms with E-state index in [0.29, 0.717) is 0 Å². The third-order valence-corrected chi connectivity index (χ3v) is 5.60. The molecule has 0 bridgehead atoms. The zero-order valence-corrected chi connectivity index (χ0v) is 14.8. The van der Waals surface area contributed by atoms with E-state index >= 15 is 0 Å². The van der Waals surface area contributed by atoms with Crippen LogP contribution in [0.2, 0.25) is 0 Å². The Morgan fingerprint density at radius 3 is 3.04 bits per heavy atom. The average molecular weight is 357 g/mol. The van der Waals surface area contributed by atoms with Crippen LogP contribution in [-0.2, 0) is 26.1 Å². The average Bonchev–Trinajstić information content (AvgIpc) is 3.44. The van der Waals surface area contributed by atoms with E-state index < -0.39 is 0 Å². The number of nitrogens with zero attached hydrogens (tertiary/aromatic N) is 4. The molecule has 0 spiro atoms. The largest absolute Gasteiger partial charge is 0.360 e. The van der Waals surface area contributed by atoms with Crippen molar-refractivity contribution in [3.05, 3.63) is 59.2 Å². The predicted molar refractivity (Wildman–Crippen MR) is 103 cm³/mol. The summed E-state index contributed by atoms with van der Waals surface area (Å²) in [6.07, 6.45) is 4.91. The number of aromatic amines is 2. The number of fused-ring (bicyclic) bond motifs is 3. The summed E-state index contributed by atoms with van der Waals surface area (Å²) in [4.78, 5) is 15.6. The van der Waals surface area contributed by atoms with Crippen LogP contribution in [0.1, 0.15) is 22.5 Å². The van der Waals surface area contributed by atoms with Gasteiger partial charge >= 0.3 is 0 Å². The highest BCUT2D eigenvalue weighted by molar-refractivity contribution is 5.93. The lowest BCUT2D eigenvalue weighted by Crippen LogP contribution is -2.32. The highest BCUT2D eigenvalue weighted by atomic mass is 15.2. The van der Waals surface area contributed by atoms with Crippen molar-refractivity contribution < 1.29 is 0 Å². The van der Waals surface area contributed by atoms with Gasteiger partial charge in [-0.2, -0.15) is 5.10 Å². The fourth-order valence-corrected chi connectivity index (χ4v) is 4.19. The topological polar surface area (TPSA) is 85.5 Å². The molecule has 27 heavy (non-hydrogen) atoms. The molecule has 2 aliphatic rings. The number of hydrogen-bond acceptors (Lipinski definition) is 5. The van der Waals surface area contributed by atoms with Gasteiger partial charge in [0, 0.05) is 72.1 Å². The van der Waals surface area contributed by atoms with Crippen LogP contribution in [0.15, 0.2) is 36.7 Å². The Bertz CT molecular complexity index is 1160. The number of H-pyrrole nitrogens is 2. The molecule has 0 saturated carbocycles. The van der Waals surface area contributed by atoms with Crippen LogP contribution < -0.4 is 10.2 Å². The van der Waals surface area contributed by atoms with Gasteiger partial charge in [-0.25, -0.2) is 9.97 Å². The number of benzene rings is 1. The minimum absolute atomic E-state index is 0.794. The third-order valence-electron chi connectivity index (χ3n) is 5.60. The van der Waals surface area contributed by atoms with Gasteiger partial charge in [0.2, 0.25) is 0 Å². The van der Waals surface area contributed by atoms with E-state index in [-0.39, 0.29) is 0 Å². The first-order chi connectivity index (χ1) is 13.4. The molecule has 3 N–H and O–H groups in total. The number of para-hydroxylation sites is 1. The number of aromatic nitrogens is 5. The zero-order chi connectivity index (χ0) is 17.8. The van der Waals surface area contributed by atoms with Crippen LogP contribution >= 0.6 is 0 Å². The van der Waals surface area contributed by atoms with E-state index in [0.717, 1.165) is 66.4 Å². The Hall–Kier alpha value is -3.19. The first kappa shape index (κ1) is 14.9. The SMILES string of the molecule is c1ccc2c(-c3nc4c(c(N5CCc6[nH]ncc6C5)n3)CNC4)c[nH]c2c1. The Balaban J connectivity index is 1.49. The summed E-state index contributed by atoms with van der Waals surface area (Å²) in [6.45, 7) is 3.40. The van der Waals surface area contributed by atoms with Crippen LogP contribution in [0.5, 0.6) is 0 Å². The van der Waals surface area contributed by atoms with Gasteiger partial charge in [-0.15, -0.1) is 0 Å². The zero-order valence-electron chi connectivity index (χ0n) is 14.8. The summed E-state index contributed by atoms with van der Waals surface area (Å²) in [5, 5.41) is 11.9. The molecule has 0 unspecified atom stereocenters. The molecule has 7 heteroatoms. The van der Waals surface area contributed by atoms with Crippen molar-refractivity contribution in [1.29, 1.82) is 0 Å². The standard InChI is InChI=1S/C20H19N7/c1-2-4-17-13(3-1)14(9-22-17)19-24-18-10-21-8-15(18)20(25-19)27-6-5-16-12(11-27)7-23-26-16/h1-4,7,9,21-22H,5-6,8,10-11H2,(H,23,26). The van der Waals surface area contributed by atoms with Gasteiger partial charge in [-0.3, -0.25) is 5.10 Å². The monoisotopic (exact) mass is 357 g/mol. The maximum Gasteiger partial charge on any atom is 0.163 e. The van der Waals surface area contributed by atoms with E-state index in [1.54, 1.807) is 0 Å². The molecule has 0 atom stereocenters. The minimum Gasteiger partial charge on any atom is -0.360 e. The maximum atomic E-state index is 5.04. The van der Waals surface area contributed by atoms with E-state index in [2.05, 4.69) is 43.6 Å². The van der Waals surface area contributed by atoms with E-state index in [1.807, 2.05) is 18.5 Å². The Morgan fingerprint density at radius 2 is 2.04 bits per heavy atom. The van der Waals surface area contributed by atoms with Gasteiger partial charge in [-0.05, 0) is 6.07 Å². The van der Waals surface area contributed by atoms with Gasteiger partial charge in [0.1, 0.15) is 5.82 Å². The Kier molecular flexibility index (Phi) is 3.12. The molecule has 0 fully saturated rings. The summed E-state index contributed by atoms with van der Waals surface area (Å²) in [7, 11) is 0. The lowest BCUT2D eigenvalue weighted by atomic mass is 10.1. The molecular formula is C20H19N7. The molecular weight excluding hydrogens is 338 g/mol. The molecule has 2 aliphatic heterocycles. The smallest absolute Gasteiger partial charge is 0.163 e. The molecule has 0 saturated heterocycles. The van der Waals surface area contributed by atoms with Crippen molar-refractivity contribution in [2.75, 3.05) is 11.4 Å². The van der Waals surface area contributed by atoms with Gasteiger partial charge < -0.3 is 15.2 Å². The molecule has 0 amide bonds. The minimum atomic E-state index is 0.794. The van der Waals surface area contributed by atoms with Gasteiger partial charge in [0.15, 0.2) is 5.82 Å². The highest BCUT2D eigenvalue weighted by Crippen LogP contribution is 2.33. The Morgan fingerprint density at radius 1 is 1.07 bits per heavy atom. The second-order valence-corrected chi connectivity index (χ2v) is 7.19. The molecule has 1 aromatic carbocycles. The van der Waals surface area contributed by atoms with Gasteiger partial charge in [0.05, 0.1) is 11.9 Å². The van der Waals surface area contributed by atoms with E-state index in [9.17, 15) is 0 Å². The lowest BCUT2D eigenvalue weighted by molar-refractivity contribution is 0.702. The summed E-state index contributed by atoms with van der Waals surface area (Å²) >= 11 is 0. The summed E-state index contributed by atoms with van der Waals surface area (Å²) in [5.41, 5.74) is 7.00. The number of nitrogens with one attached hydrogen (secondary N) is 3. The van der Waals surface area contributed by atoms with Crippen LogP contribution in [0, 0.1) is 0 Å². The van der Waals surface area contributed by atoms with Gasteiger partial charge in [0.25, 0.3) is 0 Å². The molecule has 3 aromatic heterocycles. The van der Waals surface area contributed by atoms with Gasteiger partial charge in [-0.1, -0.05) is 18.2 Å². The molecule has 7 nitrogen and oxygen atoms in total. The summed E-state index contributed by atoms with van der Waals surface area (Å²) < 4.78 is 0. The summed E-state index contributed by atoms with van der Waals surface area (Å²) in [5.74, 6) is 1.85. The quantitative estimate of drug-likeness (QED) is 0.513. The van der Waals surface area contributed by atoms with Crippen molar-refractivity contribution >= 4 is 16.7 Å². The van der Waals surface area contributed by atoms with Crippen LogP contribution in [0.3, 0.4) is 0 Å². The van der Waals surface area contributed by atoms with Crippen LogP contribution in [0.25, 0.3) is 22.3 Å². The maximum absolute atomic E-state index is 5.04. The normalized spacial score (nSPS) is 15.9. The summed E-state index contributed by atoms with van der Waals surface area (Å²) in [6, 6.07) is 8.30. The second-order valence-electron chi connectivity index (χ2n) is 7.19. The van der Waals surface area contributed by atoms with E-state index in [4.69, 9.17) is 9.97 Å². The fourth-order valence-electron chi connectivity index (χ4n) is 4.19. The van der Waals surface area contributed by atoms with Crippen molar-refractivity contribution in [3.63, 3.8) is 0 Å². The van der Waals surface area contributed by atoms with Crippen molar-refractivity contribution in [3.8, 4) is 11.4 Å². The van der Waals surface area contributed by atoms with Crippen LogP contribution in [0.4, 0.5) is 5.82 Å².